The molecule has 1 aliphatic heterocycles. The molecule has 1 saturated heterocycles. The zero-order valence-corrected chi connectivity index (χ0v) is 13.5. The summed E-state index contributed by atoms with van der Waals surface area (Å²) in [4.78, 5) is 2.55. The van der Waals surface area contributed by atoms with E-state index in [1.165, 1.54) is 42.6 Å². The largest absolute Gasteiger partial charge is 0.323 e. The van der Waals surface area contributed by atoms with E-state index in [1.807, 2.05) is 0 Å². The van der Waals surface area contributed by atoms with Crippen LogP contribution in [-0.2, 0) is 0 Å². The van der Waals surface area contributed by atoms with Crippen LogP contribution in [0.4, 0.5) is 0 Å². The lowest BCUT2D eigenvalue weighted by molar-refractivity contribution is 0.151. The number of piperidine rings is 1. The Labute approximate surface area is 124 Å². The molecule has 0 saturated carbocycles. The Morgan fingerprint density at radius 1 is 1.20 bits per heavy atom. The molecule has 2 heteroatoms. The molecule has 112 valence electrons. The number of rotatable bonds is 4. The van der Waals surface area contributed by atoms with Gasteiger partial charge in [0.05, 0.1) is 0 Å². The zero-order chi connectivity index (χ0) is 14.7. The van der Waals surface area contributed by atoms with Crippen molar-refractivity contribution < 1.29 is 0 Å². The third kappa shape index (κ3) is 3.83. The van der Waals surface area contributed by atoms with Crippen molar-refractivity contribution in [3.05, 3.63) is 34.9 Å². The molecule has 1 aromatic rings. The van der Waals surface area contributed by atoms with Gasteiger partial charge in [0.15, 0.2) is 0 Å². The number of nitrogens with zero attached hydrogens (tertiary/aromatic N) is 1. The third-order valence-corrected chi connectivity index (χ3v) is 4.86. The Bertz CT molecular complexity index is 431. The Balaban J connectivity index is 1.92. The van der Waals surface area contributed by atoms with Gasteiger partial charge in [-0.05, 0) is 62.7 Å². The Morgan fingerprint density at radius 2 is 1.85 bits per heavy atom. The molecule has 1 fully saturated rings. The van der Waals surface area contributed by atoms with E-state index in [0.717, 1.165) is 18.4 Å². The highest BCUT2D eigenvalue weighted by atomic mass is 15.1. The lowest BCUT2D eigenvalue weighted by Crippen LogP contribution is -2.39. The van der Waals surface area contributed by atoms with E-state index in [0.29, 0.717) is 0 Å². The summed E-state index contributed by atoms with van der Waals surface area (Å²) in [6.45, 7) is 12.4. The first kappa shape index (κ1) is 15.5. The summed E-state index contributed by atoms with van der Waals surface area (Å²) in [6.07, 6.45) is 2.66. The van der Waals surface area contributed by atoms with Crippen LogP contribution in [0.1, 0.15) is 49.4 Å². The highest BCUT2D eigenvalue weighted by Gasteiger charge is 2.23. The van der Waals surface area contributed by atoms with Gasteiger partial charge < -0.3 is 10.6 Å². The van der Waals surface area contributed by atoms with Crippen LogP contribution in [0.5, 0.6) is 0 Å². The van der Waals surface area contributed by atoms with Crippen molar-refractivity contribution in [1.82, 2.24) is 4.90 Å². The molecule has 0 spiro atoms. The van der Waals surface area contributed by atoms with Gasteiger partial charge in [-0.25, -0.2) is 0 Å². The molecule has 1 aromatic carbocycles. The molecular formula is C18H30N2. The molecule has 2 nitrogen and oxygen atoms in total. The van der Waals surface area contributed by atoms with Crippen molar-refractivity contribution in [2.75, 3.05) is 19.6 Å². The van der Waals surface area contributed by atoms with Crippen LogP contribution in [0.15, 0.2) is 18.2 Å². The summed E-state index contributed by atoms with van der Waals surface area (Å²) in [5.41, 5.74) is 10.4. The van der Waals surface area contributed by atoms with Crippen molar-refractivity contribution >= 4 is 0 Å². The Hall–Kier alpha value is -0.860. The monoisotopic (exact) mass is 274 g/mol. The predicted octanol–water partition coefficient (Wildman–Crippen LogP) is 3.67. The van der Waals surface area contributed by atoms with E-state index in [1.54, 1.807) is 0 Å². The minimum absolute atomic E-state index is 0.144. The van der Waals surface area contributed by atoms with E-state index < -0.39 is 0 Å². The number of likely N-dealkylation sites (tertiary alicyclic amines) is 1. The van der Waals surface area contributed by atoms with Gasteiger partial charge in [0, 0.05) is 12.6 Å². The highest BCUT2D eigenvalue weighted by molar-refractivity contribution is 5.33. The van der Waals surface area contributed by atoms with Gasteiger partial charge in [-0.15, -0.1) is 0 Å². The van der Waals surface area contributed by atoms with Crippen molar-refractivity contribution in [2.45, 2.75) is 46.6 Å². The predicted molar refractivity (Wildman–Crippen MR) is 86.8 cm³/mol. The molecule has 1 unspecified atom stereocenters. The van der Waals surface area contributed by atoms with E-state index in [4.69, 9.17) is 5.73 Å². The molecule has 1 atom stereocenters. The first-order valence-corrected chi connectivity index (χ1v) is 8.02. The SMILES string of the molecule is Cc1ccc(C)c(C(N)CN2CCC(C(C)C)CC2)c1. The van der Waals surface area contributed by atoms with Gasteiger partial charge in [-0.2, -0.15) is 0 Å². The van der Waals surface area contributed by atoms with Crippen molar-refractivity contribution in [3.63, 3.8) is 0 Å². The Morgan fingerprint density at radius 3 is 2.45 bits per heavy atom. The first-order chi connectivity index (χ1) is 9.47. The van der Waals surface area contributed by atoms with Crippen molar-refractivity contribution in [2.24, 2.45) is 17.6 Å². The number of aryl methyl sites for hydroxylation is 2. The third-order valence-electron chi connectivity index (χ3n) is 4.86. The van der Waals surface area contributed by atoms with Crippen LogP contribution in [0.25, 0.3) is 0 Å². The lowest BCUT2D eigenvalue weighted by Gasteiger charge is -2.35. The first-order valence-electron chi connectivity index (χ1n) is 8.02. The number of hydrogen-bond acceptors (Lipinski definition) is 2. The summed E-state index contributed by atoms with van der Waals surface area (Å²) in [5, 5.41) is 0. The van der Waals surface area contributed by atoms with Crippen LogP contribution in [0.2, 0.25) is 0 Å². The molecule has 2 N–H and O–H groups in total. The molecule has 1 aliphatic rings. The maximum atomic E-state index is 6.45. The van der Waals surface area contributed by atoms with E-state index in [9.17, 15) is 0 Å². The summed E-state index contributed by atoms with van der Waals surface area (Å²) in [5.74, 6) is 1.73. The highest BCUT2D eigenvalue weighted by Crippen LogP contribution is 2.26. The smallest absolute Gasteiger partial charge is 0.0427 e. The summed E-state index contributed by atoms with van der Waals surface area (Å²) in [7, 11) is 0. The minimum atomic E-state index is 0.144. The number of benzene rings is 1. The molecule has 0 radical (unpaired) electrons. The quantitative estimate of drug-likeness (QED) is 0.907. The van der Waals surface area contributed by atoms with Gasteiger partial charge in [-0.1, -0.05) is 37.6 Å². The van der Waals surface area contributed by atoms with E-state index >= 15 is 0 Å². The zero-order valence-electron chi connectivity index (χ0n) is 13.5. The van der Waals surface area contributed by atoms with Gasteiger partial charge in [0.2, 0.25) is 0 Å². The van der Waals surface area contributed by atoms with Gasteiger partial charge in [0.25, 0.3) is 0 Å². The maximum absolute atomic E-state index is 6.45. The van der Waals surface area contributed by atoms with Gasteiger partial charge in [-0.3, -0.25) is 0 Å². The second-order valence-electron chi connectivity index (χ2n) is 6.85. The van der Waals surface area contributed by atoms with Crippen molar-refractivity contribution in [3.8, 4) is 0 Å². The van der Waals surface area contributed by atoms with Crippen LogP contribution in [0, 0.1) is 25.7 Å². The molecule has 2 rings (SSSR count). The van der Waals surface area contributed by atoms with Gasteiger partial charge >= 0.3 is 0 Å². The van der Waals surface area contributed by atoms with Crippen LogP contribution in [-0.4, -0.2) is 24.5 Å². The van der Waals surface area contributed by atoms with Gasteiger partial charge in [0.1, 0.15) is 0 Å². The van der Waals surface area contributed by atoms with Crippen LogP contribution < -0.4 is 5.73 Å². The average molecular weight is 274 g/mol. The van der Waals surface area contributed by atoms with Crippen molar-refractivity contribution in [1.29, 1.82) is 0 Å². The molecule has 0 amide bonds. The summed E-state index contributed by atoms with van der Waals surface area (Å²) in [6, 6.07) is 6.75. The lowest BCUT2D eigenvalue weighted by atomic mass is 9.86. The van der Waals surface area contributed by atoms with Crippen LogP contribution >= 0.6 is 0 Å². The summed E-state index contributed by atoms with van der Waals surface area (Å²) < 4.78 is 0. The minimum Gasteiger partial charge on any atom is -0.323 e. The number of hydrogen-bond donors (Lipinski definition) is 1. The normalized spacial score (nSPS) is 19.5. The Kier molecular flexibility index (Phi) is 5.22. The molecule has 0 bridgehead atoms. The van der Waals surface area contributed by atoms with E-state index in [-0.39, 0.29) is 6.04 Å². The fourth-order valence-corrected chi connectivity index (χ4v) is 3.34. The second-order valence-corrected chi connectivity index (χ2v) is 6.85. The van der Waals surface area contributed by atoms with E-state index in [2.05, 4.69) is 50.8 Å². The molecule has 0 aliphatic carbocycles. The number of nitrogens with two attached hydrogens (primary N) is 1. The standard InChI is InChI=1S/C18H30N2/c1-13(2)16-7-9-20(10-8-16)12-18(19)17-11-14(3)5-6-15(17)4/h5-6,11,13,16,18H,7-10,12,19H2,1-4H3. The summed E-state index contributed by atoms with van der Waals surface area (Å²) >= 11 is 0. The molecule has 1 heterocycles. The van der Waals surface area contributed by atoms with Crippen LogP contribution in [0.3, 0.4) is 0 Å². The molecular weight excluding hydrogens is 244 g/mol. The second kappa shape index (κ2) is 6.73. The fraction of sp³-hybridized carbons (Fsp3) is 0.667. The molecule has 0 aromatic heterocycles. The average Bonchev–Trinajstić information content (AvgIpc) is 2.42. The topological polar surface area (TPSA) is 29.3 Å². The molecule has 20 heavy (non-hydrogen) atoms. The fourth-order valence-electron chi connectivity index (χ4n) is 3.34. The maximum Gasteiger partial charge on any atom is 0.0427 e.